The van der Waals surface area contributed by atoms with Gasteiger partial charge in [0.15, 0.2) is 5.82 Å². The summed E-state index contributed by atoms with van der Waals surface area (Å²) in [6, 6.07) is 8.56. The lowest BCUT2D eigenvalue weighted by Crippen LogP contribution is -2.14. The fraction of sp³-hybridized carbons (Fsp3) is 0. The van der Waals surface area contributed by atoms with Gasteiger partial charge in [-0.2, -0.15) is 4.98 Å². The van der Waals surface area contributed by atoms with Crippen LogP contribution < -0.4 is 11.1 Å². The fourth-order valence-corrected chi connectivity index (χ4v) is 1.28. The maximum atomic E-state index is 11.8. The molecule has 0 bridgehead atoms. The van der Waals surface area contributed by atoms with Crippen molar-refractivity contribution >= 4 is 17.4 Å². The number of hydrogen-bond acceptors (Lipinski definition) is 5. The number of anilines is 2. The Morgan fingerprint density at radius 3 is 2.59 bits per heavy atom. The zero-order chi connectivity index (χ0) is 12.3. The van der Waals surface area contributed by atoms with Gasteiger partial charge in [-0.3, -0.25) is 4.79 Å². The van der Waals surface area contributed by atoms with E-state index in [9.17, 15) is 9.90 Å². The van der Waals surface area contributed by atoms with E-state index in [1.165, 1.54) is 0 Å². The summed E-state index contributed by atoms with van der Waals surface area (Å²) in [5.74, 6) is -0.731. The number of benzene rings is 1. The van der Waals surface area contributed by atoms with E-state index < -0.39 is 0 Å². The van der Waals surface area contributed by atoms with Crippen LogP contribution >= 0.6 is 0 Å². The third kappa shape index (κ3) is 2.31. The summed E-state index contributed by atoms with van der Waals surface area (Å²) in [5, 5.41) is 11.9. The number of hydrogen-bond donors (Lipinski definition) is 3. The van der Waals surface area contributed by atoms with E-state index in [4.69, 9.17) is 5.73 Å². The van der Waals surface area contributed by atoms with E-state index in [0.29, 0.717) is 5.56 Å². The molecular weight excluding hydrogens is 220 g/mol. The monoisotopic (exact) mass is 230 g/mol. The van der Waals surface area contributed by atoms with Crippen LogP contribution in [0.15, 0.2) is 36.7 Å². The predicted molar refractivity (Wildman–Crippen MR) is 62.5 cm³/mol. The molecule has 2 aromatic rings. The average molecular weight is 230 g/mol. The first-order valence-electron chi connectivity index (χ1n) is 4.84. The molecule has 0 atom stereocenters. The van der Waals surface area contributed by atoms with Crippen LogP contribution in [0, 0.1) is 0 Å². The standard InChI is InChI=1S/C11H10N4O2/c12-9-8(11(17)14-6-13-9)15-10(16)7-4-2-1-3-5-7/h1-6H,(H,15,16)(H3,12,13,14,17). The summed E-state index contributed by atoms with van der Waals surface area (Å²) in [6.07, 6.45) is 1.11. The number of amides is 1. The number of carbonyl (C=O) groups excluding carboxylic acids is 1. The molecule has 1 heterocycles. The van der Waals surface area contributed by atoms with Gasteiger partial charge in [-0.05, 0) is 12.1 Å². The van der Waals surface area contributed by atoms with Crippen molar-refractivity contribution in [3.63, 3.8) is 0 Å². The smallest absolute Gasteiger partial charge is 0.255 e. The molecule has 0 saturated carbocycles. The quantitative estimate of drug-likeness (QED) is 0.714. The Morgan fingerprint density at radius 1 is 1.24 bits per heavy atom. The molecule has 1 aromatic heterocycles. The number of nitrogen functional groups attached to an aromatic ring is 1. The van der Waals surface area contributed by atoms with Crippen LogP contribution in [0.1, 0.15) is 10.4 Å². The lowest BCUT2D eigenvalue weighted by Gasteiger charge is -2.07. The van der Waals surface area contributed by atoms with Gasteiger partial charge in [-0.15, -0.1) is 0 Å². The zero-order valence-corrected chi connectivity index (χ0v) is 8.79. The predicted octanol–water partition coefficient (Wildman–Crippen LogP) is 1.02. The highest BCUT2D eigenvalue weighted by Crippen LogP contribution is 2.24. The topological polar surface area (TPSA) is 101 Å². The van der Waals surface area contributed by atoms with E-state index in [-0.39, 0.29) is 23.3 Å². The number of aromatic hydroxyl groups is 1. The lowest BCUT2D eigenvalue weighted by atomic mass is 10.2. The molecule has 2 rings (SSSR count). The van der Waals surface area contributed by atoms with Crippen LogP contribution in [-0.4, -0.2) is 21.0 Å². The Morgan fingerprint density at radius 2 is 1.94 bits per heavy atom. The van der Waals surface area contributed by atoms with Gasteiger partial charge in [0.05, 0.1) is 0 Å². The minimum Gasteiger partial charge on any atom is -0.492 e. The normalized spacial score (nSPS) is 9.88. The largest absolute Gasteiger partial charge is 0.492 e. The van der Waals surface area contributed by atoms with Gasteiger partial charge in [-0.25, -0.2) is 4.98 Å². The first kappa shape index (κ1) is 10.9. The van der Waals surface area contributed by atoms with Crippen LogP contribution in [0.4, 0.5) is 11.5 Å². The van der Waals surface area contributed by atoms with Crippen molar-refractivity contribution in [2.45, 2.75) is 0 Å². The van der Waals surface area contributed by atoms with E-state index in [2.05, 4.69) is 15.3 Å². The summed E-state index contributed by atoms with van der Waals surface area (Å²) >= 11 is 0. The van der Waals surface area contributed by atoms with Crippen molar-refractivity contribution in [1.29, 1.82) is 0 Å². The van der Waals surface area contributed by atoms with Crippen LogP contribution in [-0.2, 0) is 0 Å². The Hall–Kier alpha value is -2.63. The number of nitrogens with zero attached hydrogens (tertiary/aromatic N) is 2. The van der Waals surface area contributed by atoms with Crippen LogP contribution in [0.5, 0.6) is 5.88 Å². The Bertz CT molecular complexity index is 522. The maximum absolute atomic E-state index is 11.8. The van der Waals surface area contributed by atoms with Gasteiger partial charge < -0.3 is 16.2 Å². The number of nitrogens with two attached hydrogens (primary N) is 1. The van der Waals surface area contributed by atoms with E-state index in [0.717, 1.165) is 6.33 Å². The van der Waals surface area contributed by atoms with Crippen molar-refractivity contribution in [1.82, 2.24) is 9.97 Å². The molecule has 0 aliphatic rings. The first-order valence-corrected chi connectivity index (χ1v) is 4.84. The minimum absolute atomic E-state index is 0.0151. The summed E-state index contributed by atoms with van der Waals surface area (Å²) in [4.78, 5) is 19.0. The molecule has 0 spiro atoms. The molecule has 0 fully saturated rings. The fourth-order valence-electron chi connectivity index (χ4n) is 1.28. The average Bonchev–Trinajstić information content (AvgIpc) is 2.35. The van der Waals surface area contributed by atoms with Crippen molar-refractivity contribution < 1.29 is 9.90 Å². The first-order chi connectivity index (χ1) is 8.18. The lowest BCUT2D eigenvalue weighted by molar-refractivity contribution is 0.102. The van der Waals surface area contributed by atoms with Gasteiger partial charge in [0.1, 0.15) is 12.0 Å². The molecule has 1 amide bonds. The summed E-state index contributed by atoms with van der Waals surface area (Å²) in [7, 11) is 0. The molecule has 17 heavy (non-hydrogen) atoms. The Kier molecular flexibility index (Phi) is 2.87. The van der Waals surface area contributed by atoms with Crippen LogP contribution in [0.3, 0.4) is 0 Å². The van der Waals surface area contributed by atoms with Crippen LogP contribution in [0.25, 0.3) is 0 Å². The maximum Gasteiger partial charge on any atom is 0.255 e. The number of nitrogens with one attached hydrogen (secondary N) is 1. The number of rotatable bonds is 2. The molecule has 0 radical (unpaired) electrons. The van der Waals surface area contributed by atoms with Gasteiger partial charge in [-0.1, -0.05) is 18.2 Å². The van der Waals surface area contributed by atoms with Gasteiger partial charge in [0.2, 0.25) is 5.88 Å². The zero-order valence-electron chi connectivity index (χ0n) is 8.79. The third-order valence-corrected chi connectivity index (χ3v) is 2.13. The van der Waals surface area contributed by atoms with Crippen molar-refractivity contribution in [3.05, 3.63) is 42.2 Å². The summed E-state index contributed by atoms with van der Waals surface area (Å²) in [6.45, 7) is 0. The molecule has 0 aliphatic heterocycles. The summed E-state index contributed by atoms with van der Waals surface area (Å²) < 4.78 is 0. The van der Waals surface area contributed by atoms with E-state index >= 15 is 0 Å². The van der Waals surface area contributed by atoms with Gasteiger partial charge in [0.25, 0.3) is 5.91 Å². The van der Waals surface area contributed by atoms with Crippen LogP contribution in [0.2, 0.25) is 0 Å². The molecule has 6 heteroatoms. The number of carbonyl (C=O) groups is 1. The molecule has 6 nitrogen and oxygen atoms in total. The van der Waals surface area contributed by atoms with Crippen molar-refractivity contribution in [3.8, 4) is 5.88 Å². The Labute approximate surface area is 97.1 Å². The van der Waals surface area contributed by atoms with Gasteiger partial charge in [0, 0.05) is 5.56 Å². The van der Waals surface area contributed by atoms with Crippen molar-refractivity contribution in [2.75, 3.05) is 11.1 Å². The molecule has 1 aromatic carbocycles. The second-order valence-electron chi connectivity index (χ2n) is 3.28. The molecule has 4 N–H and O–H groups in total. The second kappa shape index (κ2) is 4.48. The third-order valence-electron chi connectivity index (χ3n) is 2.13. The van der Waals surface area contributed by atoms with E-state index in [1.807, 2.05) is 0 Å². The SMILES string of the molecule is Nc1ncnc(O)c1NC(=O)c1ccccc1. The summed E-state index contributed by atoms with van der Waals surface area (Å²) in [5.41, 5.74) is 5.99. The molecule has 86 valence electrons. The minimum atomic E-state index is -0.387. The highest BCUT2D eigenvalue weighted by Gasteiger charge is 2.12. The van der Waals surface area contributed by atoms with Gasteiger partial charge >= 0.3 is 0 Å². The molecule has 0 saturated heterocycles. The highest BCUT2D eigenvalue weighted by atomic mass is 16.3. The molecule has 0 aliphatic carbocycles. The highest BCUT2D eigenvalue weighted by molar-refractivity contribution is 6.06. The molecular formula is C11H10N4O2. The van der Waals surface area contributed by atoms with E-state index in [1.54, 1.807) is 30.3 Å². The van der Waals surface area contributed by atoms with Crippen molar-refractivity contribution in [2.24, 2.45) is 0 Å². The molecule has 0 unspecified atom stereocenters. The number of aromatic nitrogens is 2. The second-order valence-corrected chi connectivity index (χ2v) is 3.28. The Balaban J connectivity index is 2.25.